The van der Waals surface area contributed by atoms with Gasteiger partial charge in [-0.05, 0) is 36.8 Å². The molecule has 0 aliphatic carbocycles. The number of rotatable bonds is 6. The van der Waals surface area contributed by atoms with Gasteiger partial charge in [0.25, 0.3) is 11.8 Å². The summed E-state index contributed by atoms with van der Waals surface area (Å²) < 4.78 is 11.0. The molecule has 4 rings (SSSR count). The number of ether oxygens (including phenoxy) is 1. The largest absolute Gasteiger partial charge is 0.493 e. The van der Waals surface area contributed by atoms with Crippen molar-refractivity contribution in [3.8, 4) is 5.75 Å². The maximum Gasteiger partial charge on any atom is 0.291 e. The Morgan fingerprint density at radius 1 is 0.903 bits per heavy atom. The van der Waals surface area contributed by atoms with Crippen LogP contribution in [0, 0.1) is 0 Å². The third-order valence-electron chi connectivity index (χ3n) is 5.02. The number of benzene rings is 3. The molecule has 0 saturated heterocycles. The van der Waals surface area contributed by atoms with E-state index in [1.54, 1.807) is 43.5 Å². The summed E-state index contributed by atoms with van der Waals surface area (Å²) in [5, 5.41) is 6.51. The van der Waals surface area contributed by atoms with Gasteiger partial charge in [0.1, 0.15) is 0 Å². The highest BCUT2D eigenvalue weighted by Crippen LogP contribution is 2.29. The minimum absolute atomic E-state index is 0.132. The van der Waals surface area contributed by atoms with Crippen LogP contribution in [0.15, 0.2) is 83.3 Å². The summed E-state index contributed by atoms with van der Waals surface area (Å²) >= 11 is 0. The van der Waals surface area contributed by atoms with Gasteiger partial charge in [-0.1, -0.05) is 54.6 Å². The number of furan rings is 1. The molecule has 0 spiro atoms. The van der Waals surface area contributed by atoms with Gasteiger partial charge in [-0.3, -0.25) is 9.59 Å². The van der Waals surface area contributed by atoms with Crippen LogP contribution in [0.2, 0.25) is 0 Å². The lowest BCUT2D eigenvalue weighted by atomic mass is 10.1. The minimum Gasteiger partial charge on any atom is -0.493 e. The van der Waals surface area contributed by atoms with Crippen LogP contribution in [0.3, 0.4) is 0 Å². The van der Waals surface area contributed by atoms with Crippen LogP contribution in [0.25, 0.3) is 11.0 Å². The quantitative estimate of drug-likeness (QED) is 0.455. The average molecular weight is 414 g/mol. The lowest BCUT2D eigenvalue weighted by Crippen LogP contribution is -2.28. The van der Waals surface area contributed by atoms with Crippen molar-refractivity contribution in [2.24, 2.45) is 0 Å². The molecule has 6 nitrogen and oxygen atoms in total. The van der Waals surface area contributed by atoms with E-state index in [4.69, 9.17) is 9.15 Å². The second-order valence-electron chi connectivity index (χ2n) is 7.09. The zero-order valence-corrected chi connectivity index (χ0v) is 17.2. The fraction of sp³-hybridized carbons (Fsp3) is 0.120. The SMILES string of the molecule is COc1cccc2cc(C(=O)Nc3ccccc3C(=O)N[C@H](C)c3ccccc3)oc12. The van der Waals surface area contributed by atoms with E-state index in [0.717, 1.165) is 10.9 Å². The first-order valence-electron chi connectivity index (χ1n) is 9.89. The van der Waals surface area contributed by atoms with Crippen molar-refractivity contribution in [2.45, 2.75) is 13.0 Å². The molecule has 2 N–H and O–H groups in total. The van der Waals surface area contributed by atoms with E-state index < -0.39 is 5.91 Å². The number of hydrogen-bond acceptors (Lipinski definition) is 4. The van der Waals surface area contributed by atoms with Crippen molar-refractivity contribution in [1.82, 2.24) is 5.32 Å². The molecule has 0 saturated carbocycles. The van der Waals surface area contributed by atoms with Gasteiger partial charge in [-0.15, -0.1) is 0 Å². The molecule has 156 valence electrons. The molecule has 0 radical (unpaired) electrons. The van der Waals surface area contributed by atoms with Crippen molar-refractivity contribution in [3.05, 3.63) is 95.7 Å². The lowest BCUT2D eigenvalue weighted by Gasteiger charge is -2.16. The standard InChI is InChI=1S/C25H22N2O4/c1-16(17-9-4-3-5-10-17)26-24(28)19-12-6-7-13-20(19)27-25(29)22-15-18-11-8-14-21(30-2)23(18)31-22/h3-16H,1-2H3,(H,26,28)(H,27,29)/t16-/m1/s1. The van der Waals surface area contributed by atoms with Gasteiger partial charge < -0.3 is 19.8 Å². The second-order valence-corrected chi connectivity index (χ2v) is 7.09. The molecule has 0 aliphatic heterocycles. The van der Waals surface area contributed by atoms with Gasteiger partial charge in [-0.25, -0.2) is 0 Å². The average Bonchev–Trinajstić information content (AvgIpc) is 3.24. The maximum atomic E-state index is 12.9. The lowest BCUT2D eigenvalue weighted by molar-refractivity contribution is 0.0940. The zero-order valence-electron chi connectivity index (χ0n) is 17.2. The highest BCUT2D eigenvalue weighted by atomic mass is 16.5. The molecule has 2 amide bonds. The minimum atomic E-state index is -0.449. The number of carbonyl (C=O) groups excluding carboxylic acids is 2. The first-order valence-corrected chi connectivity index (χ1v) is 9.89. The Kier molecular flexibility index (Phi) is 5.71. The Balaban J connectivity index is 1.55. The van der Waals surface area contributed by atoms with E-state index in [1.807, 2.05) is 49.4 Å². The molecule has 1 heterocycles. The van der Waals surface area contributed by atoms with Crippen molar-refractivity contribution >= 4 is 28.5 Å². The van der Waals surface area contributed by atoms with Gasteiger partial charge in [0.2, 0.25) is 0 Å². The number of fused-ring (bicyclic) bond motifs is 1. The van der Waals surface area contributed by atoms with Crippen LogP contribution in [0.4, 0.5) is 5.69 Å². The number of anilines is 1. The molecule has 0 aliphatic rings. The van der Waals surface area contributed by atoms with Crippen molar-refractivity contribution in [1.29, 1.82) is 0 Å². The first-order chi connectivity index (χ1) is 15.1. The van der Waals surface area contributed by atoms with Crippen LogP contribution < -0.4 is 15.4 Å². The number of carbonyl (C=O) groups is 2. The molecule has 1 aromatic heterocycles. The zero-order chi connectivity index (χ0) is 21.8. The second kappa shape index (κ2) is 8.75. The monoisotopic (exact) mass is 414 g/mol. The smallest absolute Gasteiger partial charge is 0.291 e. The molecule has 31 heavy (non-hydrogen) atoms. The highest BCUT2D eigenvalue weighted by Gasteiger charge is 2.19. The van der Waals surface area contributed by atoms with E-state index in [0.29, 0.717) is 22.6 Å². The molecular formula is C25H22N2O4. The molecule has 3 aromatic carbocycles. The molecule has 0 bridgehead atoms. The van der Waals surface area contributed by atoms with E-state index >= 15 is 0 Å². The Morgan fingerprint density at radius 3 is 2.42 bits per heavy atom. The molecule has 0 unspecified atom stereocenters. The Morgan fingerprint density at radius 2 is 1.65 bits per heavy atom. The van der Waals surface area contributed by atoms with Crippen LogP contribution in [-0.2, 0) is 0 Å². The summed E-state index contributed by atoms with van der Waals surface area (Å²) in [5.74, 6) is -0.0493. The van der Waals surface area contributed by atoms with Gasteiger partial charge in [0.05, 0.1) is 24.4 Å². The van der Waals surface area contributed by atoms with Gasteiger partial charge in [-0.2, -0.15) is 0 Å². The molecule has 1 atom stereocenters. The fourth-order valence-electron chi connectivity index (χ4n) is 3.38. The summed E-state index contributed by atoms with van der Waals surface area (Å²) in [4.78, 5) is 25.7. The normalized spacial score (nSPS) is 11.7. The van der Waals surface area contributed by atoms with Gasteiger partial charge >= 0.3 is 0 Å². The summed E-state index contributed by atoms with van der Waals surface area (Å²) in [7, 11) is 1.54. The van der Waals surface area contributed by atoms with Crippen molar-refractivity contribution < 1.29 is 18.7 Å². The topological polar surface area (TPSA) is 80.6 Å². The summed E-state index contributed by atoms with van der Waals surface area (Å²) in [6.07, 6.45) is 0. The van der Waals surface area contributed by atoms with Crippen LogP contribution in [0.1, 0.15) is 39.4 Å². The van der Waals surface area contributed by atoms with E-state index in [2.05, 4.69) is 10.6 Å². The number of hydrogen-bond donors (Lipinski definition) is 2. The Hall–Kier alpha value is -4.06. The summed E-state index contributed by atoms with van der Waals surface area (Å²) in [6, 6.07) is 23.4. The van der Waals surface area contributed by atoms with Crippen molar-refractivity contribution in [3.63, 3.8) is 0 Å². The predicted molar refractivity (Wildman–Crippen MR) is 119 cm³/mol. The number of methoxy groups -OCH3 is 1. The third-order valence-corrected chi connectivity index (χ3v) is 5.02. The van der Waals surface area contributed by atoms with Gasteiger partial charge in [0.15, 0.2) is 17.1 Å². The molecule has 6 heteroatoms. The third kappa shape index (κ3) is 4.28. The Labute approximate surface area is 179 Å². The van der Waals surface area contributed by atoms with Crippen LogP contribution >= 0.6 is 0 Å². The summed E-state index contributed by atoms with van der Waals surface area (Å²) in [6.45, 7) is 1.91. The van der Waals surface area contributed by atoms with E-state index in [-0.39, 0.29) is 17.7 Å². The highest BCUT2D eigenvalue weighted by molar-refractivity contribution is 6.09. The van der Waals surface area contributed by atoms with E-state index in [9.17, 15) is 9.59 Å². The van der Waals surface area contributed by atoms with Crippen molar-refractivity contribution in [2.75, 3.05) is 12.4 Å². The molecule has 0 fully saturated rings. The predicted octanol–water partition coefficient (Wildman–Crippen LogP) is 5.18. The molecule has 4 aromatic rings. The van der Waals surface area contributed by atoms with Gasteiger partial charge in [0, 0.05) is 5.39 Å². The van der Waals surface area contributed by atoms with Crippen LogP contribution in [-0.4, -0.2) is 18.9 Å². The first kappa shape index (κ1) is 20.2. The molecular weight excluding hydrogens is 392 g/mol. The van der Waals surface area contributed by atoms with Crippen LogP contribution in [0.5, 0.6) is 5.75 Å². The van der Waals surface area contributed by atoms with E-state index in [1.165, 1.54) is 0 Å². The number of nitrogens with one attached hydrogen (secondary N) is 2. The summed E-state index contributed by atoms with van der Waals surface area (Å²) in [5.41, 5.74) is 2.26. The Bertz CT molecular complexity index is 1230. The number of para-hydroxylation sites is 2. The number of amides is 2. The maximum absolute atomic E-state index is 12.9. The fourth-order valence-corrected chi connectivity index (χ4v) is 3.38.